The monoisotopic (exact) mass is 248 g/mol. The smallest absolute Gasteiger partial charge is 0.123 e. The van der Waals surface area contributed by atoms with Crippen molar-refractivity contribution in [3.8, 4) is 0 Å². The maximum atomic E-state index is 12.2. The molecule has 92 valence electrons. The number of nitrogens with one attached hydrogen (secondary N) is 1. The van der Waals surface area contributed by atoms with E-state index in [0.717, 1.165) is 13.2 Å². The normalized spacial score (nSPS) is 8.44. The fourth-order valence-electron chi connectivity index (χ4n) is 0.834. The van der Waals surface area contributed by atoms with Crippen molar-refractivity contribution in [1.82, 2.24) is 0 Å². The van der Waals surface area contributed by atoms with E-state index in [4.69, 9.17) is 15.9 Å². The Kier molecular flexibility index (Phi) is 11.2. The van der Waals surface area contributed by atoms with E-state index >= 15 is 0 Å². The van der Waals surface area contributed by atoms with Crippen molar-refractivity contribution in [3.05, 3.63) is 35.6 Å². The fourth-order valence-corrected chi connectivity index (χ4v) is 0.834. The second kappa shape index (κ2) is 10.4. The number of hydrogen-bond donors (Lipinski definition) is 2. The van der Waals surface area contributed by atoms with Crippen LogP contribution in [0.1, 0.15) is 19.4 Å². The summed E-state index contributed by atoms with van der Waals surface area (Å²) in [6, 6.07) is 5.49. The summed E-state index contributed by atoms with van der Waals surface area (Å²) in [6.45, 7) is 5.67. The molecule has 0 atom stereocenters. The van der Waals surface area contributed by atoms with Crippen LogP contribution in [0.5, 0.6) is 0 Å². The third kappa shape index (κ3) is 8.20. The van der Waals surface area contributed by atoms with E-state index < -0.39 is 0 Å². The first-order chi connectivity index (χ1) is 7.11. The lowest BCUT2D eigenvalue weighted by molar-refractivity contribution is 0.162. The van der Waals surface area contributed by atoms with Crippen LogP contribution in [0.2, 0.25) is 0 Å². The van der Waals surface area contributed by atoms with Crippen LogP contribution in [0, 0.1) is 11.2 Å². The van der Waals surface area contributed by atoms with Gasteiger partial charge in [0.1, 0.15) is 11.7 Å². The third-order valence-electron chi connectivity index (χ3n) is 1.56. The lowest BCUT2D eigenvalue weighted by atomic mass is 10.2. The van der Waals surface area contributed by atoms with Crippen molar-refractivity contribution in [1.29, 1.82) is 5.41 Å². The molecular formula is C11H18ClFN2O. The fraction of sp³-hybridized carbons (Fsp3) is 0.364. The quantitative estimate of drug-likeness (QED) is 0.638. The Balaban J connectivity index is 0. The summed E-state index contributed by atoms with van der Waals surface area (Å²) in [5, 5.41) is 6.96. The standard InChI is InChI=1S/C7H7FN2.C4H10O.ClH/c8-6-3-1-5(2-4-6)7(9)10;1-3-5-4-2;/h1-4H,(H3,9,10);3-4H2,1-2H3;1H. The van der Waals surface area contributed by atoms with Crippen LogP contribution in [-0.4, -0.2) is 19.0 Å². The van der Waals surface area contributed by atoms with E-state index in [2.05, 4.69) is 0 Å². The van der Waals surface area contributed by atoms with Gasteiger partial charge in [0.15, 0.2) is 0 Å². The van der Waals surface area contributed by atoms with Gasteiger partial charge in [0.05, 0.1) is 0 Å². The molecule has 5 heteroatoms. The molecule has 0 spiro atoms. The average Bonchev–Trinajstić information content (AvgIpc) is 2.20. The summed E-state index contributed by atoms with van der Waals surface area (Å²) < 4.78 is 17.1. The lowest BCUT2D eigenvalue weighted by Crippen LogP contribution is -2.10. The third-order valence-corrected chi connectivity index (χ3v) is 1.56. The molecule has 1 aromatic carbocycles. The first-order valence-electron chi connectivity index (χ1n) is 4.79. The molecule has 3 N–H and O–H groups in total. The minimum absolute atomic E-state index is 0. The Morgan fingerprint density at radius 3 is 1.94 bits per heavy atom. The maximum Gasteiger partial charge on any atom is 0.123 e. The average molecular weight is 249 g/mol. The minimum Gasteiger partial charge on any atom is -0.384 e. The second-order valence-corrected chi connectivity index (χ2v) is 2.70. The number of nitrogen functional groups attached to an aromatic ring is 1. The molecule has 0 unspecified atom stereocenters. The summed E-state index contributed by atoms with van der Waals surface area (Å²) in [4.78, 5) is 0. The van der Waals surface area contributed by atoms with Gasteiger partial charge in [-0.15, -0.1) is 12.4 Å². The van der Waals surface area contributed by atoms with Crippen LogP contribution in [0.4, 0.5) is 4.39 Å². The summed E-state index contributed by atoms with van der Waals surface area (Å²) in [5.41, 5.74) is 5.67. The second-order valence-electron chi connectivity index (χ2n) is 2.70. The number of nitrogens with two attached hydrogens (primary N) is 1. The number of hydrogen-bond acceptors (Lipinski definition) is 2. The molecule has 0 heterocycles. The van der Waals surface area contributed by atoms with Crippen LogP contribution >= 0.6 is 12.4 Å². The van der Waals surface area contributed by atoms with Crippen LogP contribution in [0.15, 0.2) is 24.3 Å². The molecule has 0 aromatic heterocycles. The lowest BCUT2D eigenvalue weighted by Gasteiger charge is -1.94. The van der Waals surface area contributed by atoms with Crippen LogP contribution in [0.3, 0.4) is 0 Å². The Bertz CT molecular complexity index is 289. The molecule has 0 saturated heterocycles. The molecule has 1 rings (SSSR count). The molecular weight excluding hydrogens is 231 g/mol. The van der Waals surface area contributed by atoms with Gasteiger partial charge in [-0.3, -0.25) is 5.41 Å². The van der Waals surface area contributed by atoms with E-state index in [1.54, 1.807) is 0 Å². The predicted molar refractivity (Wildman–Crippen MR) is 66.8 cm³/mol. The Morgan fingerprint density at radius 2 is 1.69 bits per heavy atom. The summed E-state index contributed by atoms with van der Waals surface area (Å²) >= 11 is 0. The number of ether oxygens (including phenoxy) is 1. The number of benzene rings is 1. The van der Waals surface area contributed by atoms with Gasteiger partial charge in [0, 0.05) is 18.8 Å². The van der Waals surface area contributed by atoms with Gasteiger partial charge in [0.2, 0.25) is 0 Å². The number of rotatable bonds is 3. The van der Waals surface area contributed by atoms with Crippen LogP contribution in [-0.2, 0) is 4.74 Å². The largest absolute Gasteiger partial charge is 0.384 e. The van der Waals surface area contributed by atoms with Gasteiger partial charge in [-0.05, 0) is 38.1 Å². The zero-order valence-electron chi connectivity index (χ0n) is 9.50. The van der Waals surface area contributed by atoms with Crippen molar-refractivity contribution in [3.63, 3.8) is 0 Å². The van der Waals surface area contributed by atoms with Crippen molar-refractivity contribution >= 4 is 18.2 Å². The molecule has 0 saturated carbocycles. The molecule has 0 radical (unpaired) electrons. The molecule has 1 aromatic rings. The molecule has 0 aliphatic rings. The van der Waals surface area contributed by atoms with Gasteiger partial charge >= 0.3 is 0 Å². The highest BCUT2D eigenvalue weighted by molar-refractivity contribution is 5.94. The molecule has 16 heavy (non-hydrogen) atoms. The summed E-state index contributed by atoms with van der Waals surface area (Å²) in [5.74, 6) is -0.356. The highest BCUT2D eigenvalue weighted by atomic mass is 35.5. The van der Waals surface area contributed by atoms with Gasteiger partial charge < -0.3 is 10.5 Å². The molecule has 0 fully saturated rings. The Hall–Kier alpha value is -1.13. The predicted octanol–water partition coefficient (Wildman–Crippen LogP) is 2.57. The van der Waals surface area contributed by atoms with Crippen LogP contribution in [0.25, 0.3) is 0 Å². The topological polar surface area (TPSA) is 59.1 Å². The van der Waals surface area contributed by atoms with Gasteiger partial charge in [-0.2, -0.15) is 0 Å². The molecule has 0 aliphatic carbocycles. The highest BCUT2D eigenvalue weighted by Gasteiger charge is 1.93. The molecule has 0 amide bonds. The van der Waals surface area contributed by atoms with Crippen LogP contribution < -0.4 is 5.73 Å². The zero-order valence-corrected chi connectivity index (χ0v) is 10.3. The highest BCUT2D eigenvalue weighted by Crippen LogP contribution is 2.00. The van der Waals surface area contributed by atoms with Gasteiger partial charge in [-0.1, -0.05) is 0 Å². The number of halogens is 2. The Labute approximate surface area is 102 Å². The van der Waals surface area contributed by atoms with Crippen molar-refractivity contribution in [2.45, 2.75) is 13.8 Å². The van der Waals surface area contributed by atoms with E-state index in [9.17, 15) is 4.39 Å². The number of amidine groups is 1. The minimum atomic E-state index is -0.315. The Morgan fingerprint density at radius 1 is 1.25 bits per heavy atom. The summed E-state index contributed by atoms with van der Waals surface area (Å²) in [6.07, 6.45) is 0. The molecule has 0 aliphatic heterocycles. The SMILES string of the molecule is CCOCC.Cl.N=C(N)c1ccc(F)cc1. The van der Waals surface area contributed by atoms with E-state index in [1.165, 1.54) is 24.3 Å². The van der Waals surface area contributed by atoms with E-state index in [0.29, 0.717) is 5.56 Å². The first-order valence-corrected chi connectivity index (χ1v) is 4.79. The molecule has 0 bridgehead atoms. The maximum absolute atomic E-state index is 12.2. The zero-order chi connectivity index (χ0) is 11.7. The van der Waals surface area contributed by atoms with E-state index in [-0.39, 0.29) is 24.1 Å². The van der Waals surface area contributed by atoms with Crippen molar-refractivity contribution < 1.29 is 9.13 Å². The van der Waals surface area contributed by atoms with Crippen molar-refractivity contribution in [2.24, 2.45) is 5.73 Å². The van der Waals surface area contributed by atoms with Gasteiger partial charge in [0.25, 0.3) is 0 Å². The molecule has 3 nitrogen and oxygen atoms in total. The van der Waals surface area contributed by atoms with Crippen molar-refractivity contribution in [2.75, 3.05) is 13.2 Å². The first kappa shape index (κ1) is 17.3. The summed E-state index contributed by atoms with van der Waals surface area (Å²) in [7, 11) is 0. The van der Waals surface area contributed by atoms with Gasteiger partial charge in [-0.25, -0.2) is 4.39 Å². The van der Waals surface area contributed by atoms with E-state index in [1.807, 2.05) is 13.8 Å².